The normalized spacial score (nSPS) is 20.9. The topological polar surface area (TPSA) is 76.1 Å². The first-order valence-corrected chi connectivity index (χ1v) is 7.50. The van der Waals surface area contributed by atoms with Crippen LogP contribution in [0.15, 0.2) is 18.2 Å². The van der Waals surface area contributed by atoms with E-state index >= 15 is 0 Å². The van der Waals surface area contributed by atoms with Crippen LogP contribution in [-0.4, -0.2) is 54.3 Å². The van der Waals surface area contributed by atoms with E-state index in [0.717, 1.165) is 36.3 Å². The highest BCUT2D eigenvalue weighted by atomic mass is 16.5. The third-order valence-corrected chi connectivity index (χ3v) is 4.02. The average Bonchev–Trinajstić information content (AvgIpc) is 2.55. The van der Waals surface area contributed by atoms with Crippen LogP contribution >= 0.6 is 0 Å². The molecule has 0 aliphatic carbocycles. The van der Waals surface area contributed by atoms with Crippen molar-refractivity contribution in [3.05, 3.63) is 29.3 Å². The Morgan fingerprint density at radius 3 is 3.00 bits per heavy atom. The molecule has 0 radical (unpaired) electrons. The Labute approximate surface area is 128 Å². The van der Waals surface area contributed by atoms with E-state index < -0.39 is 12.1 Å². The molecule has 118 valence electrons. The Bertz CT molecular complexity index is 586. The summed E-state index contributed by atoms with van der Waals surface area (Å²) in [6, 6.07) is 5.83. The number of carboxylic acids is 1. The molecule has 0 saturated carbocycles. The fourth-order valence-corrected chi connectivity index (χ4v) is 2.84. The molecule has 3 rings (SSSR count). The fourth-order valence-electron chi connectivity index (χ4n) is 2.84. The van der Waals surface area contributed by atoms with Crippen molar-refractivity contribution in [1.29, 1.82) is 0 Å². The van der Waals surface area contributed by atoms with Gasteiger partial charge in [0.1, 0.15) is 5.75 Å². The van der Waals surface area contributed by atoms with Crippen molar-refractivity contribution in [2.45, 2.75) is 25.4 Å². The third-order valence-electron chi connectivity index (χ3n) is 4.02. The molecule has 1 amide bonds. The standard InChI is InChI=1S/C16H19NO5/c18-15(17-5-7-22-14(10-17)16(19)20)9-11-3-4-13-12(8-11)2-1-6-21-13/h3-4,8,14H,1-2,5-7,9-10H2,(H,19,20). The lowest BCUT2D eigenvalue weighted by atomic mass is 10.0. The van der Waals surface area contributed by atoms with Gasteiger partial charge in [-0.05, 0) is 30.0 Å². The maximum absolute atomic E-state index is 12.3. The Balaban J connectivity index is 1.65. The van der Waals surface area contributed by atoms with Crippen molar-refractivity contribution in [1.82, 2.24) is 4.90 Å². The van der Waals surface area contributed by atoms with E-state index in [1.807, 2.05) is 18.2 Å². The lowest BCUT2D eigenvalue weighted by Crippen LogP contribution is -2.49. The highest BCUT2D eigenvalue weighted by molar-refractivity contribution is 5.80. The number of carboxylic acid groups (broad SMARTS) is 1. The Hall–Kier alpha value is -2.08. The number of carbonyl (C=O) groups is 2. The maximum atomic E-state index is 12.3. The minimum absolute atomic E-state index is 0.0637. The molecule has 2 aliphatic heterocycles. The lowest BCUT2D eigenvalue weighted by Gasteiger charge is -2.31. The van der Waals surface area contributed by atoms with Crippen molar-refractivity contribution in [2.24, 2.45) is 0 Å². The van der Waals surface area contributed by atoms with Gasteiger partial charge in [0, 0.05) is 6.54 Å². The number of carbonyl (C=O) groups excluding carboxylic acids is 1. The fraction of sp³-hybridized carbons (Fsp3) is 0.500. The molecule has 1 aromatic carbocycles. The van der Waals surface area contributed by atoms with Gasteiger partial charge in [-0.1, -0.05) is 12.1 Å². The largest absolute Gasteiger partial charge is 0.493 e. The van der Waals surface area contributed by atoms with Crippen LogP contribution in [0.5, 0.6) is 5.75 Å². The zero-order valence-corrected chi connectivity index (χ0v) is 12.3. The Morgan fingerprint density at radius 2 is 2.18 bits per heavy atom. The van der Waals surface area contributed by atoms with E-state index in [4.69, 9.17) is 14.6 Å². The number of amides is 1. The summed E-state index contributed by atoms with van der Waals surface area (Å²) in [4.78, 5) is 24.9. The zero-order valence-electron chi connectivity index (χ0n) is 12.3. The van der Waals surface area contributed by atoms with Gasteiger partial charge in [0.2, 0.25) is 5.91 Å². The number of rotatable bonds is 3. The molecule has 1 saturated heterocycles. The molecular weight excluding hydrogens is 286 g/mol. The highest BCUT2D eigenvalue weighted by Gasteiger charge is 2.28. The van der Waals surface area contributed by atoms with Crippen LogP contribution in [0.4, 0.5) is 0 Å². The second-order valence-electron chi connectivity index (χ2n) is 5.61. The van der Waals surface area contributed by atoms with E-state index in [0.29, 0.717) is 6.54 Å². The van der Waals surface area contributed by atoms with Crippen LogP contribution < -0.4 is 4.74 Å². The quantitative estimate of drug-likeness (QED) is 0.896. The Kier molecular flexibility index (Phi) is 4.29. The monoisotopic (exact) mass is 305 g/mol. The van der Waals surface area contributed by atoms with E-state index in [9.17, 15) is 9.59 Å². The number of morpholine rings is 1. The van der Waals surface area contributed by atoms with Crippen LogP contribution in [-0.2, 0) is 27.2 Å². The average molecular weight is 305 g/mol. The van der Waals surface area contributed by atoms with Gasteiger partial charge in [0.25, 0.3) is 0 Å². The molecule has 0 bridgehead atoms. The minimum Gasteiger partial charge on any atom is -0.493 e. The van der Waals surface area contributed by atoms with E-state index in [-0.39, 0.29) is 25.5 Å². The predicted octanol–water partition coefficient (Wildman–Crippen LogP) is 0.866. The van der Waals surface area contributed by atoms with E-state index in [2.05, 4.69) is 0 Å². The third kappa shape index (κ3) is 3.22. The van der Waals surface area contributed by atoms with Gasteiger partial charge in [-0.3, -0.25) is 4.79 Å². The maximum Gasteiger partial charge on any atom is 0.334 e. The van der Waals surface area contributed by atoms with Crippen LogP contribution in [0.2, 0.25) is 0 Å². The van der Waals surface area contributed by atoms with E-state index in [1.165, 1.54) is 0 Å². The molecule has 1 aromatic rings. The number of ether oxygens (including phenoxy) is 2. The smallest absolute Gasteiger partial charge is 0.334 e. The van der Waals surface area contributed by atoms with Crippen LogP contribution in [0.25, 0.3) is 0 Å². The predicted molar refractivity (Wildman–Crippen MR) is 77.9 cm³/mol. The van der Waals surface area contributed by atoms with Crippen molar-refractivity contribution < 1.29 is 24.2 Å². The summed E-state index contributed by atoms with van der Waals surface area (Å²) >= 11 is 0. The molecule has 1 atom stereocenters. The molecule has 2 aliphatic rings. The summed E-state index contributed by atoms with van der Waals surface area (Å²) < 4.78 is 10.7. The van der Waals surface area contributed by atoms with Crippen LogP contribution in [0.3, 0.4) is 0 Å². The summed E-state index contributed by atoms with van der Waals surface area (Å²) in [7, 11) is 0. The molecule has 6 nitrogen and oxygen atoms in total. The van der Waals surface area contributed by atoms with E-state index in [1.54, 1.807) is 4.90 Å². The molecule has 22 heavy (non-hydrogen) atoms. The van der Waals surface area contributed by atoms with Gasteiger partial charge in [0.05, 0.1) is 26.2 Å². The summed E-state index contributed by atoms with van der Waals surface area (Å²) in [5.41, 5.74) is 2.08. The molecule has 1 N–H and O–H groups in total. The number of hydrogen-bond acceptors (Lipinski definition) is 4. The van der Waals surface area contributed by atoms with Crippen molar-refractivity contribution in [3.8, 4) is 5.75 Å². The summed E-state index contributed by atoms with van der Waals surface area (Å²) in [5.74, 6) is -0.186. The number of hydrogen-bond donors (Lipinski definition) is 1. The second-order valence-corrected chi connectivity index (χ2v) is 5.61. The van der Waals surface area contributed by atoms with Gasteiger partial charge in [-0.25, -0.2) is 4.79 Å². The first kappa shape index (κ1) is 14.8. The minimum atomic E-state index is -1.02. The highest BCUT2D eigenvalue weighted by Crippen LogP contribution is 2.26. The van der Waals surface area contributed by atoms with Crippen molar-refractivity contribution >= 4 is 11.9 Å². The molecule has 2 heterocycles. The molecular formula is C16H19NO5. The molecule has 0 spiro atoms. The number of benzene rings is 1. The van der Waals surface area contributed by atoms with Gasteiger partial charge in [0.15, 0.2) is 6.10 Å². The SMILES string of the molecule is O=C(O)C1CN(C(=O)Cc2ccc3c(c2)CCCO3)CCO1. The number of aliphatic carboxylic acids is 1. The first-order valence-electron chi connectivity index (χ1n) is 7.50. The van der Waals surface area contributed by atoms with Gasteiger partial charge in [-0.15, -0.1) is 0 Å². The van der Waals surface area contributed by atoms with Gasteiger partial charge in [-0.2, -0.15) is 0 Å². The number of nitrogens with zero attached hydrogens (tertiary/aromatic N) is 1. The van der Waals surface area contributed by atoms with Gasteiger partial charge >= 0.3 is 5.97 Å². The molecule has 6 heteroatoms. The number of fused-ring (bicyclic) bond motifs is 1. The molecule has 1 fully saturated rings. The van der Waals surface area contributed by atoms with Crippen LogP contribution in [0, 0.1) is 0 Å². The zero-order chi connectivity index (χ0) is 15.5. The second kappa shape index (κ2) is 6.36. The summed E-state index contributed by atoms with van der Waals surface area (Å²) in [6.45, 7) is 1.56. The summed E-state index contributed by atoms with van der Waals surface area (Å²) in [5, 5.41) is 8.98. The summed E-state index contributed by atoms with van der Waals surface area (Å²) in [6.07, 6.45) is 1.32. The molecule has 1 unspecified atom stereocenters. The van der Waals surface area contributed by atoms with Crippen molar-refractivity contribution in [3.63, 3.8) is 0 Å². The Morgan fingerprint density at radius 1 is 1.32 bits per heavy atom. The lowest BCUT2D eigenvalue weighted by molar-refractivity contribution is -0.159. The van der Waals surface area contributed by atoms with Crippen molar-refractivity contribution in [2.75, 3.05) is 26.3 Å². The number of aryl methyl sites for hydroxylation is 1. The van der Waals surface area contributed by atoms with Gasteiger partial charge < -0.3 is 19.5 Å². The first-order chi connectivity index (χ1) is 10.6. The molecule has 0 aromatic heterocycles. The van der Waals surface area contributed by atoms with Crippen LogP contribution in [0.1, 0.15) is 17.5 Å².